The van der Waals surface area contributed by atoms with Gasteiger partial charge in [0, 0.05) is 12.0 Å². The third-order valence-electron chi connectivity index (χ3n) is 3.65. The van der Waals surface area contributed by atoms with E-state index in [0.29, 0.717) is 5.78 Å². The second-order valence-corrected chi connectivity index (χ2v) is 5.09. The summed E-state index contributed by atoms with van der Waals surface area (Å²) in [6.07, 6.45) is 10.8. The lowest BCUT2D eigenvalue weighted by atomic mass is 9.98. The first-order valence-electron chi connectivity index (χ1n) is 6.98. The summed E-state index contributed by atoms with van der Waals surface area (Å²) in [4.78, 5) is 11.9. The maximum Gasteiger partial charge on any atom is 0.162 e. The molecule has 0 aromatic heterocycles. The summed E-state index contributed by atoms with van der Waals surface area (Å²) in [5.41, 5.74) is 2.27. The Morgan fingerprint density at radius 3 is 1.82 bits per heavy atom. The normalized spacial score (nSPS) is 18.9. The first-order chi connectivity index (χ1) is 8.36. The van der Waals surface area contributed by atoms with Crippen molar-refractivity contribution < 1.29 is 4.79 Å². The van der Waals surface area contributed by atoms with E-state index in [4.69, 9.17) is 0 Å². The molecular formula is C16H22O. The van der Waals surface area contributed by atoms with Gasteiger partial charge in [0.1, 0.15) is 0 Å². The fourth-order valence-corrected chi connectivity index (χ4v) is 2.50. The summed E-state index contributed by atoms with van der Waals surface area (Å²) < 4.78 is 0. The Morgan fingerprint density at radius 1 is 0.647 bits per heavy atom. The van der Waals surface area contributed by atoms with Crippen molar-refractivity contribution in [2.45, 2.75) is 57.8 Å². The molecule has 0 radical (unpaired) electrons. The van der Waals surface area contributed by atoms with Gasteiger partial charge in [0.15, 0.2) is 5.78 Å². The predicted octanol–water partition coefficient (Wildman–Crippen LogP) is 4.55. The molecule has 0 saturated carbocycles. The van der Waals surface area contributed by atoms with E-state index < -0.39 is 0 Å². The Morgan fingerprint density at radius 2 is 1.18 bits per heavy atom. The summed E-state index contributed by atoms with van der Waals surface area (Å²) in [6, 6.07) is 8.25. The smallest absolute Gasteiger partial charge is 0.162 e. The zero-order chi connectivity index (χ0) is 11.9. The number of carbonyl (C=O) groups is 1. The standard InChI is InChI=1S/C16H22O/c17-16-9-7-5-3-1-2-4-6-8-14-10-12-15(16)13-11-14/h10-13H,1-9H2. The van der Waals surface area contributed by atoms with Crippen molar-refractivity contribution in [1.82, 2.24) is 0 Å². The minimum absolute atomic E-state index is 0.314. The zero-order valence-corrected chi connectivity index (χ0v) is 10.6. The van der Waals surface area contributed by atoms with Gasteiger partial charge in [-0.15, -0.1) is 0 Å². The molecule has 0 N–H and O–H groups in total. The number of benzene rings is 1. The monoisotopic (exact) mass is 230 g/mol. The van der Waals surface area contributed by atoms with Gasteiger partial charge in [-0.2, -0.15) is 0 Å². The van der Waals surface area contributed by atoms with Crippen LogP contribution >= 0.6 is 0 Å². The van der Waals surface area contributed by atoms with Crippen LogP contribution in [0.3, 0.4) is 0 Å². The van der Waals surface area contributed by atoms with Crippen LogP contribution < -0.4 is 0 Å². The molecule has 0 saturated heterocycles. The molecule has 0 spiro atoms. The minimum Gasteiger partial charge on any atom is -0.294 e. The van der Waals surface area contributed by atoms with Crippen molar-refractivity contribution in [1.29, 1.82) is 0 Å². The molecule has 92 valence electrons. The molecule has 1 nitrogen and oxygen atoms in total. The molecule has 2 bridgehead atoms. The van der Waals surface area contributed by atoms with E-state index in [1.165, 1.54) is 44.1 Å². The van der Waals surface area contributed by atoms with E-state index >= 15 is 0 Å². The Balaban J connectivity index is 2.03. The van der Waals surface area contributed by atoms with Gasteiger partial charge in [-0.1, -0.05) is 56.4 Å². The van der Waals surface area contributed by atoms with Crippen molar-refractivity contribution in [3.63, 3.8) is 0 Å². The molecule has 0 amide bonds. The van der Waals surface area contributed by atoms with E-state index in [2.05, 4.69) is 12.1 Å². The highest BCUT2D eigenvalue weighted by molar-refractivity contribution is 5.96. The van der Waals surface area contributed by atoms with E-state index in [1.807, 2.05) is 12.1 Å². The van der Waals surface area contributed by atoms with Gasteiger partial charge in [-0.05, 0) is 24.8 Å². The van der Waals surface area contributed by atoms with Crippen molar-refractivity contribution >= 4 is 5.78 Å². The van der Waals surface area contributed by atoms with Crippen LogP contribution in [0.25, 0.3) is 0 Å². The van der Waals surface area contributed by atoms with E-state index in [0.717, 1.165) is 24.8 Å². The molecule has 17 heavy (non-hydrogen) atoms. The number of ketones is 1. The van der Waals surface area contributed by atoms with Gasteiger partial charge in [-0.25, -0.2) is 0 Å². The van der Waals surface area contributed by atoms with Crippen LogP contribution in [0.5, 0.6) is 0 Å². The van der Waals surface area contributed by atoms with E-state index in [-0.39, 0.29) is 0 Å². The number of Topliss-reactive ketones (excluding diaryl/α,β-unsaturated/α-hetero) is 1. The van der Waals surface area contributed by atoms with Gasteiger partial charge in [-0.3, -0.25) is 4.79 Å². The van der Waals surface area contributed by atoms with Crippen LogP contribution in [-0.2, 0) is 6.42 Å². The molecule has 0 fully saturated rings. The second-order valence-electron chi connectivity index (χ2n) is 5.09. The third-order valence-corrected chi connectivity index (χ3v) is 3.65. The highest BCUT2D eigenvalue weighted by Gasteiger charge is 2.06. The van der Waals surface area contributed by atoms with Crippen molar-refractivity contribution in [3.05, 3.63) is 35.4 Å². The Hall–Kier alpha value is -1.11. The van der Waals surface area contributed by atoms with Gasteiger partial charge < -0.3 is 0 Å². The van der Waals surface area contributed by atoms with Gasteiger partial charge in [0.25, 0.3) is 0 Å². The zero-order valence-electron chi connectivity index (χ0n) is 10.6. The largest absolute Gasteiger partial charge is 0.294 e. The second kappa shape index (κ2) is 6.58. The molecule has 2 aliphatic rings. The quantitative estimate of drug-likeness (QED) is 0.639. The average Bonchev–Trinajstić information content (AvgIpc) is 2.37. The number of hydrogen-bond donors (Lipinski definition) is 0. The van der Waals surface area contributed by atoms with Crippen LogP contribution in [0.15, 0.2) is 24.3 Å². The summed E-state index contributed by atoms with van der Waals surface area (Å²) in [6.45, 7) is 0. The molecule has 3 rings (SSSR count). The summed E-state index contributed by atoms with van der Waals surface area (Å²) in [5, 5.41) is 0. The SMILES string of the molecule is O=C1CCCCCCCCCc2ccc1cc2. The average molecular weight is 230 g/mol. The van der Waals surface area contributed by atoms with Crippen molar-refractivity contribution in [2.24, 2.45) is 0 Å². The van der Waals surface area contributed by atoms with Gasteiger partial charge in [0.2, 0.25) is 0 Å². The maximum absolute atomic E-state index is 11.9. The molecule has 1 heteroatoms. The van der Waals surface area contributed by atoms with Crippen LogP contribution in [0, 0.1) is 0 Å². The molecule has 0 atom stereocenters. The lowest BCUT2D eigenvalue weighted by molar-refractivity contribution is 0.0979. The molecule has 0 unspecified atom stereocenters. The Kier molecular flexibility index (Phi) is 4.78. The van der Waals surface area contributed by atoms with Crippen LogP contribution in [0.4, 0.5) is 0 Å². The fraction of sp³-hybridized carbons (Fsp3) is 0.562. The van der Waals surface area contributed by atoms with Crippen molar-refractivity contribution in [2.75, 3.05) is 0 Å². The third kappa shape index (κ3) is 3.99. The van der Waals surface area contributed by atoms with Gasteiger partial charge in [0.05, 0.1) is 0 Å². The summed E-state index contributed by atoms with van der Waals surface area (Å²) >= 11 is 0. The summed E-state index contributed by atoms with van der Waals surface area (Å²) in [7, 11) is 0. The molecular weight excluding hydrogens is 208 g/mol. The highest BCUT2D eigenvalue weighted by Crippen LogP contribution is 2.15. The minimum atomic E-state index is 0.314. The molecule has 1 aromatic carbocycles. The maximum atomic E-state index is 11.9. The van der Waals surface area contributed by atoms with E-state index in [9.17, 15) is 4.79 Å². The van der Waals surface area contributed by atoms with Crippen LogP contribution in [0.1, 0.15) is 67.3 Å². The fourth-order valence-electron chi connectivity index (χ4n) is 2.50. The van der Waals surface area contributed by atoms with Crippen LogP contribution in [-0.4, -0.2) is 5.78 Å². The number of fused-ring (bicyclic) bond motifs is 11. The first kappa shape index (κ1) is 12.3. The van der Waals surface area contributed by atoms with Crippen LogP contribution in [0.2, 0.25) is 0 Å². The number of rotatable bonds is 0. The molecule has 1 aromatic rings. The Labute approximate surface area is 104 Å². The lowest BCUT2D eigenvalue weighted by Crippen LogP contribution is -2.00. The topological polar surface area (TPSA) is 17.1 Å². The Bertz CT molecular complexity index is 350. The lowest BCUT2D eigenvalue weighted by Gasteiger charge is -2.06. The molecule has 0 heterocycles. The molecule has 0 aliphatic heterocycles. The van der Waals surface area contributed by atoms with Gasteiger partial charge >= 0.3 is 0 Å². The van der Waals surface area contributed by atoms with Crippen molar-refractivity contribution in [3.8, 4) is 0 Å². The highest BCUT2D eigenvalue weighted by atomic mass is 16.1. The van der Waals surface area contributed by atoms with E-state index in [1.54, 1.807) is 0 Å². The number of carbonyl (C=O) groups excluding carboxylic acids is 1. The number of aryl methyl sites for hydroxylation is 1. The summed E-state index contributed by atoms with van der Waals surface area (Å²) in [5.74, 6) is 0.314. The first-order valence-corrected chi connectivity index (χ1v) is 6.98. The number of hydrogen-bond acceptors (Lipinski definition) is 1. The molecule has 2 aliphatic carbocycles. The predicted molar refractivity (Wildman–Crippen MR) is 71.4 cm³/mol.